The van der Waals surface area contributed by atoms with Crippen molar-refractivity contribution >= 4 is 21.6 Å². The fourth-order valence-electron chi connectivity index (χ4n) is 2.57. The molecule has 0 atom stereocenters. The van der Waals surface area contributed by atoms with Crippen molar-refractivity contribution in [3.8, 4) is 11.4 Å². The summed E-state index contributed by atoms with van der Waals surface area (Å²) < 4.78 is 2.84. The number of tetrazole rings is 1. The van der Waals surface area contributed by atoms with Crippen LogP contribution < -0.4 is 5.73 Å². The predicted octanol–water partition coefficient (Wildman–Crippen LogP) is 3.61. The van der Waals surface area contributed by atoms with Gasteiger partial charge in [-0.15, -0.1) is 5.10 Å². The quantitative estimate of drug-likeness (QED) is 0.846. The molecule has 1 heterocycles. The van der Waals surface area contributed by atoms with Crippen LogP contribution in [-0.2, 0) is 5.54 Å². The first-order valence-corrected chi connectivity index (χ1v) is 7.71. The summed E-state index contributed by atoms with van der Waals surface area (Å²) in [7, 11) is 0. The molecule has 5 nitrogen and oxygen atoms in total. The van der Waals surface area contributed by atoms with Crippen LogP contribution in [0.25, 0.3) is 11.4 Å². The van der Waals surface area contributed by atoms with Crippen LogP contribution in [0, 0.1) is 0 Å². The summed E-state index contributed by atoms with van der Waals surface area (Å²) in [6, 6.07) is 5.81. The van der Waals surface area contributed by atoms with E-state index in [1.54, 1.807) is 0 Å². The molecular weight excluding hydrogens is 318 g/mol. The summed E-state index contributed by atoms with van der Waals surface area (Å²) in [6.07, 6.45) is 2.97. The van der Waals surface area contributed by atoms with Gasteiger partial charge in [0.25, 0.3) is 0 Å². The van der Waals surface area contributed by atoms with Crippen molar-refractivity contribution < 1.29 is 0 Å². The molecule has 0 saturated carbocycles. The fourth-order valence-corrected chi connectivity index (χ4v) is 2.82. The Balaban J connectivity index is 2.54. The third-order valence-electron chi connectivity index (χ3n) is 4.15. The summed E-state index contributed by atoms with van der Waals surface area (Å²) >= 11 is 3.41. The lowest BCUT2D eigenvalue weighted by molar-refractivity contribution is 0.223. The smallest absolute Gasteiger partial charge is 0.182 e. The molecule has 6 heteroatoms. The van der Waals surface area contributed by atoms with E-state index < -0.39 is 0 Å². The van der Waals surface area contributed by atoms with Gasteiger partial charge in [0.2, 0.25) is 0 Å². The van der Waals surface area contributed by atoms with E-state index in [0.29, 0.717) is 5.69 Å². The van der Waals surface area contributed by atoms with Crippen LogP contribution in [0.1, 0.15) is 40.0 Å². The highest BCUT2D eigenvalue weighted by atomic mass is 79.9. The standard InChI is InChI=1S/C14H20BrN5/c1-4-14(5-2,6-3)20-13(17-18-19-20)10-7-8-11(15)12(16)9-10/h7-9H,4-6,16H2,1-3H3. The van der Waals surface area contributed by atoms with E-state index in [9.17, 15) is 0 Å². The Labute approximate surface area is 127 Å². The van der Waals surface area contributed by atoms with Gasteiger partial charge in [0, 0.05) is 15.7 Å². The van der Waals surface area contributed by atoms with Gasteiger partial charge in [-0.25, -0.2) is 4.68 Å². The van der Waals surface area contributed by atoms with Gasteiger partial charge in [-0.05, 0) is 63.8 Å². The van der Waals surface area contributed by atoms with Gasteiger partial charge < -0.3 is 5.73 Å². The Kier molecular flexibility index (Phi) is 4.42. The number of nitrogens with two attached hydrogens (primary N) is 1. The second-order valence-electron chi connectivity index (χ2n) is 4.94. The molecule has 108 valence electrons. The van der Waals surface area contributed by atoms with E-state index in [1.807, 2.05) is 22.9 Å². The van der Waals surface area contributed by atoms with Crippen LogP contribution in [0.3, 0.4) is 0 Å². The third-order valence-corrected chi connectivity index (χ3v) is 4.87. The van der Waals surface area contributed by atoms with Gasteiger partial charge in [0.15, 0.2) is 5.82 Å². The maximum absolute atomic E-state index is 5.96. The highest BCUT2D eigenvalue weighted by Crippen LogP contribution is 2.33. The first kappa shape index (κ1) is 15.0. The molecule has 0 aliphatic carbocycles. The van der Waals surface area contributed by atoms with E-state index in [0.717, 1.165) is 35.1 Å². The molecular formula is C14H20BrN5. The minimum atomic E-state index is -0.0410. The van der Waals surface area contributed by atoms with E-state index in [4.69, 9.17) is 5.73 Å². The Bertz CT molecular complexity index is 581. The van der Waals surface area contributed by atoms with Crippen molar-refractivity contribution in [2.24, 2.45) is 0 Å². The zero-order valence-electron chi connectivity index (χ0n) is 12.1. The largest absolute Gasteiger partial charge is 0.398 e. The lowest BCUT2D eigenvalue weighted by Gasteiger charge is -2.31. The monoisotopic (exact) mass is 337 g/mol. The zero-order chi connectivity index (χ0) is 14.8. The molecule has 1 aromatic heterocycles. The first-order valence-electron chi connectivity index (χ1n) is 6.92. The highest BCUT2D eigenvalue weighted by molar-refractivity contribution is 9.10. The molecule has 0 saturated heterocycles. The minimum Gasteiger partial charge on any atom is -0.398 e. The second-order valence-corrected chi connectivity index (χ2v) is 5.79. The average molecular weight is 338 g/mol. The predicted molar refractivity (Wildman–Crippen MR) is 84.2 cm³/mol. The molecule has 0 bridgehead atoms. The molecule has 0 amide bonds. The number of aromatic nitrogens is 4. The summed E-state index contributed by atoms with van der Waals surface area (Å²) in [6.45, 7) is 6.53. The lowest BCUT2D eigenvalue weighted by atomic mass is 9.89. The van der Waals surface area contributed by atoms with Crippen molar-refractivity contribution in [3.63, 3.8) is 0 Å². The van der Waals surface area contributed by atoms with Gasteiger partial charge >= 0.3 is 0 Å². The second kappa shape index (κ2) is 5.91. The summed E-state index contributed by atoms with van der Waals surface area (Å²) in [4.78, 5) is 0. The third kappa shape index (κ3) is 2.44. The van der Waals surface area contributed by atoms with Gasteiger partial charge in [-0.2, -0.15) is 0 Å². The number of nitrogens with zero attached hydrogens (tertiary/aromatic N) is 4. The molecule has 0 unspecified atom stereocenters. The maximum Gasteiger partial charge on any atom is 0.182 e. The number of halogens is 1. The van der Waals surface area contributed by atoms with Gasteiger partial charge in [-0.1, -0.05) is 20.8 Å². The molecule has 0 aliphatic heterocycles. The summed E-state index contributed by atoms with van der Waals surface area (Å²) in [5.41, 5.74) is 7.55. The molecule has 2 aromatic rings. The molecule has 0 aliphatic rings. The maximum atomic E-state index is 5.96. The molecule has 2 N–H and O–H groups in total. The van der Waals surface area contributed by atoms with E-state index in [1.165, 1.54) is 0 Å². The van der Waals surface area contributed by atoms with Crippen LogP contribution in [0.5, 0.6) is 0 Å². The number of anilines is 1. The van der Waals surface area contributed by atoms with Crippen LogP contribution in [-0.4, -0.2) is 20.2 Å². The number of rotatable bonds is 5. The van der Waals surface area contributed by atoms with Crippen molar-refractivity contribution in [1.29, 1.82) is 0 Å². The Morgan fingerprint density at radius 1 is 1.20 bits per heavy atom. The first-order chi connectivity index (χ1) is 9.57. The lowest BCUT2D eigenvalue weighted by Crippen LogP contribution is -2.33. The SMILES string of the molecule is CCC(CC)(CC)n1nnnc1-c1ccc(Br)c(N)c1. The topological polar surface area (TPSA) is 69.6 Å². The highest BCUT2D eigenvalue weighted by Gasteiger charge is 2.30. The zero-order valence-corrected chi connectivity index (χ0v) is 13.7. The van der Waals surface area contributed by atoms with Gasteiger partial charge in [0.05, 0.1) is 5.54 Å². The Hall–Kier alpha value is -1.43. The Morgan fingerprint density at radius 2 is 1.85 bits per heavy atom. The summed E-state index contributed by atoms with van der Waals surface area (Å²) in [5.74, 6) is 0.773. The van der Waals surface area contributed by atoms with Crippen molar-refractivity contribution in [3.05, 3.63) is 22.7 Å². The van der Waals surface area contributed by atoms with Gasteiger partial charge in [-0.3, -0.25) is 0 Å². The molecule has 1 aromatic carbocycles. The van der Waals surface area contributed by atoms with E-state index in [2.05, 4.69) is 52.2 Å². The molecule has 2 rings (SSSR count). The normalized spacial score (nSPS) is 11.8. The van der Waals surface area contributed by atoms with Crippen molar-refractivity contribution in [2.45, 2.75) is 45.6 Å². The Morgan fingerprint density at radius 3 is 2.40 bits per heavy atom. The minimum absolute atomic E-state index is 0.0410. The van der Waals surface area contributed by atoms with Gasteiger partial charge in [0.1, 0.15) is 0 Å². The van der Waals surface area contributed by atoms with Crippen LogP contribution in [0.15, 0.2) is 22.7 Å². The molecule has 0 spiro atoms. The fraction of sp³-hybridized carbons (Fsp3) is 0.500. The molecule has 0 radical (unpaired) electrons. The van der Waals surface area contributed by atoms with Crippen molar-refractivity contribution in [2.75, 3.05) is 5.73 Å². The van der Waals surface area contributed by atoms with Crippen LogP contribution in [0.2, 0.25) is 0 Å². The number of hydrogen-bond acceptors (Lipinski definition) is 4. The van der Waals surface area contributed by atoms with Crippen LogP contribution in [0.4, 0.5) is 5.69 Å². The molecule has 0 fully saturated rings. The van der Waals surface area contributed by atoms with Crippen LogP contribution >= 0.6 is 15.9 Å². The average Bonchev–Trinajstić information content (AvgIpc) is 2.95. The van der Waals surface area contributed by atoms with E-state index >= 15 is 0 Å². The van der Waals surface area contributed by atoms with Crippen molar-refractivity contribution in [1.82, 2.24) is 20.2 Å². The number of hydrogen-bond donors (Lipinski definition) is 1. The number of nitrogen functional groups attached to an aromatic ring is 1. The van der Waals surface area contributed by atoms with E-state index in [-0.39, 0.29) is 5.54 Å². The molecule has 20 heavy (non-hydrogen) atoms. The number of benzene rings is 1. The summed E-state index contributed by atoms with van der Waals surface area (Å²) in [5, 5.41) is 12.3.